The molecule has 1 saturated heterocycles. The highest BCUT2D eigenvalue weighted by atomic mass is 16.2. The maximum atomic E-state index is 12.6. The Kier molecular flexibility index (Phi) is 3.48. The number of carbonyl (C=O) groups is 3. The van der Waals surface area contributed by atoms with Crippen molar-refractivity contribution >= 4 is 17.7 Å². The minimum atomic E-state index is -0.551. The molecule has 0 aromatic rings. The maximum absolute atomic E-state index is 12.6. The second-order valence-electron chi connectivity index (χ2n) is 6.47. The highest BCUT2D eigenvalue weighted by molar-refractivity contribution is 6.06. The van der Waals surface area contributed by atoms with Gasteiger partial charge in [0, 0.05) is 12.5 Å². The van der Waals surface area contributed by atoms with Gasteiger partial charge >= 0.3 is 0 Å². The summed E-state index contributed by atoms with van der Waals surface area (Å²) in [6, 6.07) is 0. The van der Waals surface area contributed by atoms with Gasteiger partial charge in [-0.05, 0) is 18.3 Å². The van der Waals surface area contributed by atoms with E-state index in [9.17, 15) is 14.4 Å². The first-order valence-corrected chi connectivity index (χ1v) is 6.99. The Bertz CT molecular complexity index is 484. The van der Waals surface area contributed by atoms with Crippen LogP contribution in [0.2, 0.25) is 0 Å². The average molecular weight is 278 g/mol. The highest BCUT2D eigenvalue weighted by Gasteiger charge is 2.64. The van der Waals surface area contributed by atoms with Crippen LogP contribution in [-0.4, -0.2) is 35.7 Å². The van der Waals surface area contributed by atoms with Crippen LogP contribution in [0.3, 0.4) is 0 Å². The minimum absolute atomic E-state index is 0.169. The Hall–Kier alpha value is -1.65. The van der Waals surface area contributed by atoms with Gasteiger partial charge in [-0.2, -0.15) is 0 Å². The molecule has 1 heterocycles. The van der Waals surface area contributed by atoms with Crippen LogP contribution in [0.1, 0.15) is 33.6 Å². The van der Waals surface area contributed by atoms with Crippen molar-refractivity contribution in [2.75, 3.05) is 13.1 Å². The number of piperidine rings is 1. The normalized spacial score (nSPS) is 31.4. The predicted molar refractivity (Wildman–Crippen MR) is 74.5 cm³/mol. The Morgan fingerprint density at radius 1 is 1.45 bits per heavy atom. The third-order valence-corrected chi connectivity index (χ3v) is 5.25. The van der Waals surface area contributed by atoms with Gasteiger partial charge in [0.05, 0.1) is 5.41 Å². The molecule has 1 aliphatic heterocycles. The number of hydrogen-bond acceptors (Lipinski definition) is 3. The molecule has 20 heavy (non-hydrogen) atoms. The van der Waals surface area contributed by atoms with Crippen molar-refractivity contribution in [3.63, 3.8) is 0 Å². The molecule has 110 valence electrons. The summed E-state index contributed by atoms with van der Waals surface area (Å²) >= 11 is 0. The lowest BCUT2D eigenvalue weighted by molar-refractivity contribution is -0.169. The molecule has 0 spiro atoms. The van der Waals surface area contributed by atoms with Crippen LogP contribution in [-0.2, 0) is 14.4 Å². The second-order valence-corrected chi connectivity index (χ2v) is 6.47. The van der Waals surface area contributed by atoms with Crippen molar-refractivity contribution < 1.29 is 14.4 Å². The van der Waals surface area contributed by atoms with E-state index < -0.39 is 5.41 Å². The van der Waals surface area contributed by atoms with Gasteiger partial charge in [-0.3, -0.25) is 19.3 Å². The number of likely N-dealkylation sites (tertiary alicyclic amines) is 1. The SMILES string of the molecule is C=CCNC(=O)CN1C(=O)C2CCC(C)(C1=O)C2(C)C. The van der Waals surface area contributed by atoms with Crippen LogP contribution in [0.5, 0.6) is 0 Å². The molecule has 1 saturated carbocycles. The lowest BCUT2D eigenvalue weighted by Gasteiger charge is -2.47. The summed E-state index contributed by atoms with van der Waals surface area (Å²) in [5, 5.41) is 2.60. The average Bonchev–Trinajstić information content (AvgIpc) is 2.58. The van der Waals surface area contributed by atoms with E-state index in [4.69, 9.17) is 0 Å². The van der Waals surface area contributed by atoms with Gasteiger partial charge in [0.25, 0.3) is 0 Å². The van der Waals surface area contributed by atoms with E-state index in [0.29, 0.717) is 13.0 Å². The molecule has 0 aromatic carbocycles. The first-order valence-electron chi connectivity index (χ1n) is 6.99. The van der Waals surface area contributed by atoms with Gasteiger partial charge < -0.3 is 5.32 Å². The summed E-state index contributed by atoms with van der Waals surface area (Å²) in [7, 11) is 0. The van der Waals surface area contributed by atoms with E-state index in [1.54, 1.807) is 6.08 Å². The van der Waals surface area contributed by atoms with Gasteiger partial charge in [0.2, 0.25) is 17.7 Å². The summed E-state index contributed by atoms with van der Waals surface area (Å²) in [4.78, 5) is 38.0. The molecular weight excluding hydrogens is 256 g/mol. The van der Waals surface area contributed by atoms with E-state index in [2.05, 4.69) is 11.9 Å². The zero-order valence-corrected chi connectivity index (χ0v) is 12.4. The highest BCUT2D eigenvalue weighted by Crippen LogP contribution is 2.59. The number of rotatable bonds is 4. The minimum Gasteiger partial charge on any atom is -0.351 e. The number of fused-ring (bicyclic) bond motifs is 2. The van der Waals surface area contributed by atoms with Crippen LogP contribution >= 0.6 is 0 Å². The number of nitrogens with one attached hydrogen (secondary N) is 1. The first kappa shape index (κ1) is 14.8. The van der Waals surface area contributed by atoms with Gasteiger partial charge in [0.1, 0.15) is 6.54 Å². The first-order chi connectivity index (χ1) is 9.25. The Labute approximate surface area is 119 Å². The quantitative estimate of drug-likeness (QED) is 0.618. The van der Waals surface area contributed by atoms with Crippen LogP contribution < -0.4 is 5.32 Å². The molecule has 0 radical (unpaired) electrons. The van der Waals surface area contributed by atoms with Crippen molar-refractivity contribution in [2.24, 2.45) is 16.7 Å². The summed E-state index contributed by atoms with van der Waals surface area (Å²) in [6.07, 6.45) is 2.99. The Morgan fingerprint density at radius 3 is 2.70 bits per heavy atom. The van der Waals surface area contributed by atoms with Crippen LogP contribution in [0, 0.1) is 16.7 Å². The molecule has 1 N–H and O–H groups in total. The van der Waals surface area contributed by atoms with Crippen molar-refractivity contribution in [1.29, 1.82) is 0 Å². The molecular formula is C15H22N2O3. The van der Waals surface area contributed by atoms with Crippen molar-refractivity contribution in [1.82, 2.24) is 10.2 Å². The Morgan fingerprint density at radius 2 is 2.10 bits per heavy atom. The molecule has 0 aromatic heterocycles. The molecule has 2 fully saturated rings. The van der Waals surface area contributed by atoms with E-state index in [-0.39, 0.29) is 35.6 Å². The molecule has 3 amide bonds. The lowest BCUT2D eigenvalue weighted by Crippen LogP contribution is -2.60. The monoisotopic (exact) mass is 278 g/mol. The topological polar surface area (TPSA) is 66.5 Å². The smallest absolute Gasteiger partial charge is 0.240 e. The fourth-order valence-electron chi connectivity index (χ4n) is 3.44. The molecule has 2 bridgehead atoms. The van der Waals surface area contributed by atoms with E-state index in [1.165, 1.54) is 0 Å². The molecule has 2 unspecified atom stereocenters. The van der Waals surface area contributed by atoms with Gasteiger partial charge in [-0.15, -0.1) is 6.58 Å². The number of nitrogens with zero attached hydrogens (tertiary/aromatic N) is 1. The summed E-state index contributed by atoms with van der Waals surface area (Å²) in [6.45, 7) is 9.54. The van der Waals surface area contributed by atoms with Crippen molar-refractivity contribution in [3.05, 3.63) is 12.7 Å². The largest absolute Gasteiger partial charge is 0.351 e. The lowest BCUT2D eigenvalue weighted by atomic mass is 9.62. The second kappa shape index (κ2) is 4.72. The molecule has 2 aliphatic rings. The van der Waals surface area contributed by atoms with Gasteiger partial charge in [0.15, 0.2) is 0 Å². The standard InChI is InChI=1S/C15H22N2O3/c1-5-8-16-11(18)9-17-12(19)10-6-7-15(4,13(17)20)14(10,2)3/h5,10H,1,6-9H2,2-4H3,(H,16,18). The van der Waals surface area contributed by atoms with Gasteiger partial charge in [-0.1, -0.05) is 26.8 Å². The fraction of sp³-hybridized carbons (Fsp3) is 0.667. The number of hydrogen-bond donors (Lipinski definition) is 1. The Balaban J connectivity index is 2.21. The van der Waals surface area contributed by atoms with Crippen molar-refractivity contribution in [3.8, 4) is 0 Å². The summed E-state index contributed by atoms with van der Waals surface area (Å²) in [5.41, 5.74) is -0.889. The third kappa shape index (κ3) is 1.87. The number of amides is 3. The van der Waals surface area contributed by atoms with Crippen LogP contribution in [0.25, 0.3) is 0 Å². The molecule has 5 heteroatoms. The zero-order valence-electron chi connectivity index (χ0n) is 12.4. The maximum Gasteiger partial charge on any atom is 0.240 e. The zero-order chi connectivity index (χ0) is 15.1. The molecule has 1 aliphatic carbocycles. The van der Waals surface area contributed by atoms with E-state index in [1.807, 2.05) is 20.8 Å². The summed E-state index contributed by atoms with van der Waals surface area (Å²) < 4.78 is 0. The van der Waals surface area contributed by atoms with Gasteiger partial charge in [-0.25, -0.2) is 0 Å². The van der Waals surface area contributed by atoms with E-state index >= 15 is 0 Å². The molecule has 2 atom stereocenters. The number of imide groups is 1. The summed E-state index contributed by atoms with van der Waals surface area (Å²) in [5.74, 6) is -0.912. The molecule has 2 rings (SSSR count). The fourth-order valence-corrected chi connectivity index (χ4v) is 3.44. The van der Waals surface area contributed by atoms with Crippen LogP contribution in [0.15, 0.2) is 12.7 Å². The van der Waals surface area contributed by atoms with E-state index in [0.717, 1.165) is 11.3 Å². The van der Waals surface area contributed by atoms with Crippen molar-refractivity contribution in [2.45, 2.75) is 33.6 Å². The molecule has 5 nitrogen and oxygen atoms in total. The predicted octanol–water partition coefficient (Wildman–Crippen LogP) is 1.10. The third-order valence-electron chi connectivity index (χ3n) is 5.25. The number of carbonyl (C=O) groups excluding carboxylic acids is 3. The van der Waals surface area contributed by atoms with Crippen LogP contribution in [0.4, 0.5) is 0 Å².